The standard InChI is InChI=1S/C15H17BrN2OS/c1-10(15-17-6-8-20-15)18-13-3-2-7-19-14-9-11(16)4-5-12(13)14/h4-6,8-10,13,18H,2-3,7H2,1H3. The molecule has 0 saturated carbocycles. The Balaban J connectivity index is 1.83. The summed E-state index contributed by atoms with van der Waals surface area (Å²) in [6.45, 7) is 2.95. The zero-order valence-electron chi connectivity index (χ0n) is 11.3. The molecular weight excluding hydrogens is 336 g/mol. The second kappa shape index (κ2) is 6.24. The lowest BCUT2D eigenvalue weighted by Gasteiger charge is -2.22. The summed E-state index contributed by atoms with van der Waals surface area (Å²) >= 11 is 5.21. The fourth-order valence-electron chi connectivity index (χ4n) is 2.54. The van der Waals surface area contributed by atoms with Crippen LogP contribution in [0.5, 0.6) is 5.75 Å². The molecule has 0 amide bonds. The molecule has 0 aliphatic carbocycles. The Labute approximate surface area is 131 Å². The van der Waals surface area contributed by atoms with Gasteiger partial charge in [-0.15, -0.1) is 11.3 Å². The van der Waals surface area contributed by atoms with Crippen molar-refractivity contribution in [1.29, 1.82) is 0 Å². The van der Waals surface area contributed by atoms with Crippen molar-refractivity contribution in [2.75, 3.05) is 6.61 Å². The van der Waals surface area contributed by atoms with E-state index in [-0.39, 0.29) is 6.04 Å². The van der Waals surface area contributed by atoms with Gasteiger partial charge in [0.1, 0.15) is 10.8 Å². The first-order chi connectivity index (χ1) is 9.74. The summed E-state index contributed by atoms with van der Waals surface area (Å²) in [5, 5.41) is 6.85. The fraction of sp³-hybridized carbons (Fsp3) is 0.400. The van der Waals surface area contributed by atoms with Crippen LogP contribution in [-0.2, 0) is 0 Å². The molecule has 3 nitrogen and oxygen atoms in total. The molecule has 2 aromatic rings. The number of aromatic nitrogens is 1. The van der Waals surface area contributed by atoms with Crippen molar-refractivity contribution in [2.24, 2.45) is 0 Å². The third-order valence-corrected chi connectivity index (χ3v) is 4.97. The smallest absolute Gasteiger partial charge is 0.125 e. The Morgan fingerprint density at radius 1 is 1.50 bits per heavy atom. The Morgan fingerprint density at radius 3 is 3.20 bits per heavy atom. The predicted molar refractivity (Wildman–Crippen MR) is 85.3 cm³/mol. The number of ether oxygens (including phenoxy) is 1. The highest BCUT2D eigenvalue weighted by Crippen LogP contribution is 2.35. The highest BCUT2D eigenvalue weighted by Gasteiger charge is 2.22. The molecule has 1 N–H and O–H groups in total. The monoisotopic (exact) mass is 352 g/mol. The van der Waals surface area contributed by atoms with Gasteiger partial charge in [-0.1, -0.05) is 22.0 Å². The van der Waals surface area contributed by atoms with Crippen LogP contribution in [0.3, 0.4) is 0 Å². The molecule has 20 heavy (non-hydrogen) atoms. The van der Waals surface area contributed by atoms with Gasteiger partial charge in [-0.25, -0.2) is 4.98 Å². The predicted octanol–water partition coefficient (Wildman–Crippen LogP) is 4.47. The van der Waals surface area contributed by atoms with Gasteiger partial charge in [0.15, 0.2) is 0 Å². The fourth-order valence-corrected chi connectivity index (χ4v) is 3.54. The maximum absolute atomic E-state index is 5.85. The molecule has 1 aliphatic rings. The third-order valence-electron chi connectivity index (χ3n) is 3.52. The quantitative estimate of drug-likeness (QED) is 0.884. The van der Waals surface area contributed by atoms with Crippen molar-refractivity contribution >= 4 is 27.3 Å². The van der Waals surface area contributed by atoms with Crippen molar-refractivity contribution in [3.63, 3.8) is 0 Å². The van der Waals surface area contributed by atoms with E-state index in [1.165, 1.54) is 5.56 Å². The van der Waals surface area contributed by atoms with E-state index in [0.717, 1.165) is 34.7 Å². The van der Waals surface area contributed by atoms with Gasteiger partial charge in [-0.3, -0.25) is 0 Å². The van der Waals surface area contributed by atoms with Gasteiger partial charge in [-0.05, 0) is 31.9 Å². The summed E-state index contributed by atoms with van der Waals surface area (Å²) in [5.41, 5.74) is 1.24. The maximum atomic E-state index is 5.85. The molecule has 2 atom stereocenters. The summed E-state index contributed by atoms with van der Waals surface area (Å²) in [7, 11) is 0. The summed E-state index contributed by atoms with van der Waals surface area (Å²) < 4.78 is 6.91. The lowest BCUT2D eigenvalue weighted by atomic mass is 10.0. The van der Waals surface area contributed by atoms with Gasteiger partial charge >= 0.3 is 0 Å². The molecule has 0 fully saturated rings. The van der Waals surface area contributed by atoms with Crippen LogP contribution in [0.1, 0.15) is 42.4 Å². The Hall–Kier alpha value is -0.910. The van der Waals surface area contributed by atoms with Crippen LogP contribution in [-0.4, -0.2) is 11.6 Å². The molecule has 0 radical (unpaired) electrons. The van der Waals surface area contributed by atoms with E-state index in [9.17, 15) is 0 Å². The average Bonchev–Trinajstić information content (AvgIpc) is 2.90. The minimum absolute atomic E-state index is 0.259. The molecule has 2 heterocycles. The van der Waals surface area contributed by atoms with Crippen LogP contribution in [0.15, 0.2) is 34.2 Å². The number of hydrogen-bond acceptors (Lipinski definition) is 4. The molecule has 1 aromatic carbocycles. The molecule has 5 heteroatoms. The lowest BCUT2D eigenvalue weighted by molar-refractivity contribution is 0.314. The van der Waals surface area contributed by atoms with Crippen molar-refractivity contribution in [2.45, 2.75) is 31.8 Å². The Bertz CT molecular complexity index is 573. The average molecular weight is 353 g/mol. The number of nitrogens with zero attached hydrogens (tertiary/aromatic N) is 1. The summed E-state index contributed by atoms with van der Waals surface area (Å²) in [5.74, 6) is 0.987. The maximum Gasteiger partial charge on any atom is 0.125 e. The number of thiazole rings is 1. The topological polar surface area (TPSA) is 34.1 Å². The number of halogens is 1. The summed E-state index contributed by atoms with van der Waals surface area (Å²) in [6.07, 6.45) is 4.01. The Kier molecular flexibility index (Phi) is 4.38. The molecule has 106 valence electrons. The van der Waals surface area contributed by atoms with Gasteiger partial charge in [0, 0.05) is 27.7 Å². The first-order valence-electron chi connectivity index (χ1n) is 6.82. The van der Waals surface area contributed by atoms with E-state index in [2.05, 4.69) is 51.4 Å². The molecular formula is C15H17BrN2OS. The van der Waals surface area contributed by atoms with Crippen LogP contribution in [0, 0.1) is 0 Å². The van der Waals surface area contributed by atoms with Crippen molar-refractivity contribution in [1.82, 2.24) is 10.3 Å². The SMILES string of the molecule is CC(NC1CCCOc2cc(Br)ccc21)c1nccs1. The summed E-state index contributed by atoms with van der Waals surface area (Å²) in [4.78, 5) is 4.39. The molecule has 1 aromatic heterocycles. The lowest BCUT2D eigenvalue weighted by Crippen LogP contribution is -2.24. The molecule has 1 aliphatic heterocycles. The van der Waals surface area contributed by atoms with Gasteiger partial charge in [-0.2, -0.15) is 0 Å². The zero-order valence-corrected chi connectivity index (χ0v) is 13.7. The second-order valence-corrected chi connectivity index (χ2v) is 6.83. The highest BCUT2D eigenvalue weighted by atomic mass is 79.9. The van der Waals surface area contributed by atoms with E-state index in [0.29, 0.717) is 6.04 Å². The van der Waals surface area contributed by atoms with Gasteiger partial charge in [0.25, 0.3) is 0 Å². The largest absolute Gasteiger partial charge is 0.493 e. The highest BCUT2D eigenvalue weighted by molar-refractivity contribution is 9.10. The van der Waals surface area contributed by atoms with E-state index < -0.39 is 0 Å². The van der Waals surface area contributed by atoms with E-state index >= 15 is 0 Å². The van der Waals surface area contributed by atoms with Gasteiger partial charge in [0.2, 0.25) is 0 Å². The minimum atomic E-state index is 0.259. The first-order valence-corrected chi connectivity index (χ1v) is 8.49. The number of rotatable bonds is 3. The van der Waals surface area contributed by atoms with Crippen molar-refractivity contribution in [3.05, 3.63) is 44.8 Å². The molecule has 0 spiro atoms. The zero-order chi connectivity index (χ0) is 13.9. The van der Waals surface area contributed by atoms with Crippen molar-refractivity contribution in [3.8, 4) is 5.75 Å². The van der Waals surface area contributed by atoms with E-state index in [1.807, 2.05) is 11.6 Å². The third kappa shape index (κ3) is 3.05. The van der Waals surface area contributed by atoms with Crippen LogP contribution >= 0.6 is 27.3 Å². The number of nitrogens with one attached hydrogen (secondary N) is 1. The van der Waals surface area contributed by atoms with E-state index in [1.54, 1.807) is 11.3 Å². The first kappa shape index (κ1) is 14.0. The summed E-state index contributed by atoms with van der Waals surface area (Å²) in [6, 6.07) is 6.87. The molecule has 3 rings (SSSR count). The van der Waals surface area contributed by atoms with Crippen LogP contribution in [0.25, 0.3) is 0 Å². The number of benzene rings is 1. The van der Waals surface area contributed by atoms with Gasteiger partial charge < -0.3 is 10.1 Å². The number of fused-ring (bicyclic) bond motifs is 1. The Morgan fingerprint density at radius 2 is 2.40 bits per heavy atom. The number of hydrogen-bond donors (Lipinski definition) is 1. The van der Waals surface area contributed by atoms with Crippen LogP contribution in [0.4, 0.5) is 0 Å². The van der Waals surface area contributed by atoms with Crippen LogP contribution < -0.4 is 10.1 Å². The second-order valence-electron chi connectivity index (χ2n) is 4.98. The molecule has 2 unspecified atom stereocenters. The van der Waals surface area contributed by atoms with Gasteiger partial charge in [0.05, 0.1) is 12.6 Å². The normalized spacial score (nSPS) is 19.8. The molecule has 0 bridgehead atoms. The van der Waals surface area contributed by atoms with Crippen molar-refractivity contribution < 1.29 is 4.74 Å². The minimum Gasteiger partial charge on any atom is -0.493 e. The van der Waals surface area contributed by atoms with Crippen LogP contribution in [0.2, 0.25) is 0 Å². The van der Waals surface area contributed by atoms with E-state index in [4.69, 9.17) is 4.74 Å². The molecule has 0 saturated heterocycles.